The molecule has 3 rings (SSSR count). The van der Waals surface area contributed by atoms with Gasteiger partial charge in [-0.05, 0) is 49.3 Å². The Morgan fingerprint density at radius 2 is 1.65 bits per heavy atom. The van der Waals surface area contributed by atoms with Crippen LogP contribution in [0.25, 0.3) is 0 Å². The average molecular weight is 358 g/mol. The van der Waals surface area contributed by atoms with E-state index in [9.17, 15) is 9.59 Å². The van der Waals surface area contributed by atoms with Gasteiger partial charge in [0.2, 0.25) is 11.8 Å². The molecule has 1 aliphatic carbocycles. The molecule has 1 atom stereocenters. The van der Waals surface area contributed by atoms with E-state index in [0.717, 1.165) is 37.0 Å². The molecule has 1 aromatic carbocycles. The largest absolute Gasteiger partial charge is 0.497 e. The third kappa shape index (κ3) is 4.37. The number of rotatable bonds is 6. The maximum Gasteiger partial charge on any atom is 0.225 e. The summed E-state index contributed by atoms with van der Waals surface area (Å²) >= 11 is 0. The number of amides is 2. The van der Waals surface area contributed by atoms with Crippen molar-refractivity contribution in [2.75, 3.05) is 20.2 Å². The number of piperidine rings is 1. The van der Waals surface area contributed by atoms with Crippen molar-refractivity contribution in [1.82, 2.24) is 10.2 Å². The molecule has 1 aromatic rings. The molecule has 0 bridgehead atoms. The van der Waals surface area contributed by atoms with Crippen LogP contribution >= 0.6 is 0 Å². The quantitative estimate of drug-likeness (QED) is 0.850. The summed E-state index contributed by atoms with van der Waals surface area (Å²) in [4.78, 5) is 26.9. The van der Waals surface area contributed by atoms with Crippen molar-refractivity contribution in [3.8, 4) is 5.75 Å². The second-order valence-electron chi connectivity index (χ2n) is 7.88. The lowest BCUT2D eigenvalue weighted by Crippen LogP contribution is -2.44. The number of carbonyl (C=O) groups is 2. The Hall–Kier alpha value is -2.04. The fraction of sp³-hybridized carbons (Fsp3) is 0.619. The molecular formula is C21H30N2O3. The van der Waals surface area contributed by atoms with Crippen molar-refractivity contribution >= 4 is 11.8 Å². The number of nitrogens with zero attached hydrogens (tertiary/aromatic N) is 1. The third-order valence-corrected chi connectivity index (χ3v) is 5.54. The summed E-state index contributed by atoms with van der Waals surface area (Å²) in [7, 11) is 1.65. The first-order valence-corrected chi connectivity index (χ1v) is 9.72. The topological polar surface area (TPSA) is 58.6 Å². The van der Waals surface area contributed by atoms with E-state index in [1.807, 2.05) is 29.2 Å². The van der Waals surface area contributed by atoms with Gasteiger partial charge < -0.3 is 15.0 Å². The van der Waals surface area contributed by atoms with Crippen LogP contribution in [0.4, 0.5) is 0 Å². The normalized spacial score (nSPS) is 19.3. The van der Waals surface area contributed by atoms with Crippen LogP contribution < -0.4 is 10.1 Å². The highest BCUT2D eigenvalue weighted by Crippen LogP contribution is 2.32. The summed E-state index contributed by atoms with van der Waals surface area (Å²) in [6.07, 6.45) is 3.60. The van der Waals surface area contributed by atoms with Crippen LogP contribution in [0.15, 0.2) is 24.3 Å². The molecule has 1 N–H and O–H groups in total. The van der Waals surface area contributed by atoms with Gasteiger partial charge in [-0.15, -0.1) is 0 Å². The molecule has 2 amide bonds. The zero-order valence-corrected chi connectivity index (χ0v) is 16.0. The summed E-state index contributed by atoms with van der Waals surface area (Å²) in [5.41, 5.74) is 1.09. The molecule has 5 nitrogen and oxygen atoms in total. The van der Waals surface area contributed by atoms with Crippen molar-refractivity contribution in [1.29, 1.82) is 0 Å². The predicted octanol–water partition coefficient (Wildman–Crippen LogP) is 3.16. The fourth-order valence-electron chi connectivity index (χ4n) is 3.67. The molecule has 5 heteroatoms. The van der Waals surface area contributed by atoms with E-state index < -0.39 is 0 Å². The molecule has 1 saturated heterocycles. The van der Waals surface area contributed by atoms with Gasteiger partial charge >= 0.3 is 0 Å². The summed E-state index contributed by atoms with van der Waals surface area (Å²) in [6, 6.07) is 7.87. The minimum Gasteiger partial charge on any atom is -0.497 e. The number of hydrogen-bond acceptors (Lipinski definition) is 3. The lowest BCUT2D eigenvalue weighted by molar-refractivity contribution is -0.137. The molecule has 142 valence electrons. The second kappa shape index (κ2) is 8.11. The van der Waals surface area contributed by atoms with Gasteiger partial charge in [0.25, 0.3) is 0 Å². The predicted molar refractivity (Wildman–Crippen MR) is 101 cm³/mol. The van der Waals surface area contributed by atoms with Gasteiger partial charge in [-0.1, -0.05) is 26.0 Å². The molecule has 1 saturated carbocycles. The molecule has 1 heterocycles. The first kappa shape index (κ1) is 18.7. The monoisotopic (exact) mass is 358 g/mol. The summed E-state index contributed by atoms with van der Waals surface area (Å²) in [5.74, 6) is 1.78. The number of likely N-dealkylation sites (tertiary alicyclic amines) is 1. The number of ether oxygens (including phenoxy) is 1. The van der Waals surface area contributed by atoms with E-state index >= 15 is 0 Å². The van der Waals surface area contributed by atoms with Gasteiger partial charge in [-0.25, -0.2) is 0 Å². The van der Waals surface area contributed by atoms with Gasteiger partial charge in [-0.2, -0.15) is 0 Å². The highest BCUT2D eigenvalue weighted by Gasteiger charge is 2.36. The number of benzene rings is 1. The smallest absolute Gasteiger partial charge is 0.225 e. The van der Waals surface area contributed by atoms with Crippen molar-refractivity contribution in [3.05, 3.63) is 29.8 Å². The lowest BCUT2D eigenvalue weighted by Gasteiger charge is -2.33. The van der Waals surface area contributed by atoms with Crippen molar-refractivity contribution in [2.45, 2.75) is 45.6 Å². The van der Waals surface area contributed by atoms with E-state index in [0.29, 0.717) is 24.9 Å². The van der Waals surface area contributed by atoms with Gasteiger partial charge in [0.1, 0.15) is 5.75 Å². The molecule has 2 fully saturated rings. The summed E-state index contributed by atoms with van der Waals surface area (Å²) < 4.78 is 5.22. The van der Waals surface area contributed by atoms with E-state index in [-0.39, 0.29) is 23.8 Å². The third-order valence-electron chi connectivity index (χ3n) is 5.54. The Morgan fingerprint density at radius 1 is 1.04 bits per heavy atom. The van der Waals surface area contributed by atoms with Crippen LogP contribution in [-0.2, 0) is 9.59 Å². The highest BCUT2D eigenvalue weighted by atomic mass is 16.5. The van der Waals surface area contributed by atoms with Crippen LogP contribution in [0.1, 0.15) is 51.1 Å². The van der Waals surface area contributed by atoms with Gasteiger partial charge in [0.05, 0.1) is 13.2 Å². The van der Waals surface area contributed by atoms with E-state index in [1.165, 1.54) is 0 Å². The maximum absolute atomic E-state index is 12.8. The van der Waals surface area contributed by atoms with Crippen LogP contribution in [0, 0.1) is 17.8 Å². The SMILES string of the molecule is COc1ccc(C(NC(=O)C2CCN(C(=O)C3CC3)CC2)C(C)C)cc1. The Labute approximate surface area is 156 Å². The lowest BCUT2D eigenvalue weighted by atomic mass is 9.92. The van der Waals surface area contributed by atoms with Crippen molar-refractivity contribution in [3.63, 3.8) is 0 Å². The summed E-state index contributed by atoms with van der Waals surface area (Å²) in [5, 5.41) is 3.24. The minimum absolute atomic E-state index is 0.00208. The molecule has 1 unspecified atom stereocenters. The zero-order chi connectivity index (χ0) is 18.7. The molecule has 26 heavy (non-hydrogen) atoms. The Morgan fingerprint density at radius 3 is 2.15 bits per heavy atom. The molecule has 0 radical (unpaired) electrons. The zero-order valence-electron chi connectivity index (χ0n) is 16.0. The standard InChI is InChI=1S/C21H30N2O3/c1-14(2)19(15-6-8-18(26-3)9-7-15)22-20(24)16-10-12-23(13-11-16)21(25)17-4-5-17/h6-9,14,16-17,19H,4-5,10-13H2,1-3H3,(H,22,24). The molecule has 2 aliphatic rings. The van der Waals surface area contributed by atoms with Crippen molar-refractivity contribution < 1.29 is 14.3 Å². The number of carbonyl (C=O) groups excluding carboxylic acids is 2. The number of hydrogen-bond donors (Lipinski definition) is 1. The van der Waals surface area contributed by atoms with Crippen LogP contribution in [0.3, 0.4) is 0 Å². The second-order valence-corrected chi connectivity index (χ2v) is 7.88. The van der Waals surface area contributed by atoms with Crippen LogP contribution in [-0.4, -0.2) is 36.9 Å². The van der Waals surface area contributed by atoms with E-state index in [1.54, 1.807) is 7.11 Å². The van der Waals surface area contributed by atoms with E-state index in [4.69, 9.17) is 4.74 Å². The van der Waals surface area contributed by atoms with Crippen LogP contribution in [0.5, 0.6) is 5.75 Å². The highest BCUT2D eigenvalue weighted by molar-refractivity contribution is 5.82. The summed E-state index contributed by atoms with van der Waals surface area (Å²) in [6.45, 7) is 5.66. The van der Waals surface area contributed by atoms with Gasteiger partial charge in [0, 0.05) is 24.9 Å². The number of methoxy groups -OCH3 is 1. The maximum atomic E-state index is 12.8. The first-order valence-electron chi connectivity index (χ1n) is 9.72. The van der Waals surface area contributed by atoms with Crippen LogP contribution in [0.2, 0.25) is 0 Å². The Balaban J connectivity index is 1.57. The Bertz CT molecular complexity index is 629. The molecule has 1 aliphatic heterocycles. The molecular weight excluding hydrogens is 328 g/mol. The van der Waals surface area contributed by atoms with Gasteiger partial charge in [0.15, 0.2) is 0 Å². The minimum atomic E-state index is -0.0143. The molecule has 0 spiro atoms. The molecule has 0 aromatic heterocycles. The number of nitrogens with one attached hydrogen (secondary N) is 1. The van der Waals surface area contributed by atoms with Gasteiger partial charge in [-0.3, -0.25) is 9.59 Å². The first-order chi connectivity index (χ1) is 12.5. The fourth-order valence-corrected chi connectivity index (χ4v) is 3.67. The Kier molecular flexibility index (Phi) is 5.84. The average Bonchev–Trinajstić information content (AvgIpc) is 3.50. The van der Waals surface area contributed by atoms with E-state index in [2.05, 4.69) is 19.2 Å². The van der Waals surface area contributed by atoms with Crippen molar-refractivity contribution in [2.24, 2.45) is 17.8 Å².